The molecule has 0 aliphatic rings. The van der Waals surface area contributed by atoms with Crippen molar-refractivity contribution in [2.75, 3.05) is 26.9 Å². The molecule has 0 radical (unpaired) electrons. The predicted molar refractivity (Wildman–Crippen MR) is 77.3 cm³/mol. The van der Waals surface area contributed by atoms with Crippen LogP contribution in [-0.4, -0.2) is 32.5 Å². The van der Waals surface area contributed by atoms with Crippen molar-refractivity contribution in [3.8, 4) is 0 Å². The summed E-state index contributed by atoms with van der Waals surface area (Å²) >= 11 is 1.84. The van der Waals surface area contributed by atoms with E-state index >= 15 is 0 Å². The van der Waals surface area contributed by atoms with E-state index in [1.165, 1.54) is 9.75 Å². The minimum atomic E-state index is -0.0814. The molecule has 1 rings (SSSR count). The van der Waals surface area contributed by atoms with Crippen molar-refractivity contribution < 1.29 is 9.47 Å². The minimum Gasteiger partial charge on any atom is -0.380 e. The van der Waals surface area contributed by atoms with E-state index in [1.54, 1.807) is 7.11 Å². The molecule has 0 saturated carbocycles. The first-order valence-electron chi connectivity index (χ1n) is 6.42. The molecule has 0 aliphatic carbocycles. The second kappa shape index (κ2) is 7.89. The van der Waals surface area contributed by atoms with Crippen molar-refractivity contribution >= 4 is 11.3 Å². The van der Waals surface area contributed by atoms with Gasteiger partial charge in [-0.15, -0.1) is 11.3 Å². The highest BCUT2D eigenvalue weighted by atomic mass is 32.1. The number of nitrogens with one attached hydrogen (secondary N) is 1. The van der Waals surface area contributed by atoms with E-state index in [9.17, 15) is 0 Å². The lowest BCUT2D eigenvalue weighted by atomic mass is 10.1. The van der Waals surface area contributed by atoms with Gasteiger partial charge in [0.05, 0.1) is 12.2 Å². The fourth-order valence-electron chi connectivity index (χ4n) is 1.46. The van der Waals surface area contributed by atoms with Crippen molar-refractivity contribution in [3.63, 3.8) is 0 Å². The molecule has 0 fully saturated rings. The van der Waals surface area contributed by atoms with Crippen molar-refractivity contribution in [2.24, 2.45) is 0 Å². The van der Waals surface area contributed by atoms with E-state index in [4.69, 9.17) is 9.47 Å². The predicted octanol–water partition coefficient (Wildman–Crippen LogP) is 2.98. The van der Waals surface area contributed by atoms with E-state index < -0.39 is 0 Å². The monoisotopic (exact) mass is 271 g/mol. The Bertz CT molecular complexity index is 336. The van der Waals surface area contributed by atoms with E-state index in [2.05, 4.69) is 38.2 Å². The molecular formula is C14H25NO2S. The van der Waals surface area contributed by atoms with Gasteiger partial charge in [0.25, 0.3) is 0 Å². The molecule has 0 atom stereocenters. The van der Waals surface area contributed by atoms with E-state index in [1.807, 2.05) is 11.3 Å². The molecule has 0 spiro atoms. The Morgan fingerprint density at radius 1 is 1.28 bits per heavy atom. The first-order chi connectivity index (χ1) is 8.53. The van der Waals surface area contributed by atoms with Crippen LogP contribution in [0.4, 0.5) is 0 Å². The Morgan fingerprint density at radius 3 is 2.67 bits per heavy atom. The van der Waals surface area contributed by atoms with Crippen LogP contribution >= 0.6 is 11.3 Å². The fraction of sp³-hybridized carbons (Fsp3) is 0.714. The van der Waals surface area contributed by atoms with Gasteiger partial charge in [-0.3, -0.25) is 0 Å². The molecule has 0 unspecified atom stereocenters. The second-order valence-electron chi connectivity index (χ2n) is 5.02. The number of rotatable bonds is 9. The molecule has 18 heavy (non-hydrogen) atoms. The van der Waals surface area contributed by atoms with Crippen LogP contribution in [0.2, 0.25) is 0 Å². The number of hydrogen-bond acceptors (Lipinski definition) is 4. The van der Waals surface area contributed by atoms with Gasteiger partial charge in [0.15, 0.2) is 0 Å². The first-order valence-corrected chi connectivity index (χ1v) is 7.24. The van der Waals surface area contributed by atoms with Crippen LogP contribution in [0.1, 0.15) is 30.0 Å². The average molecular weight is 271 g/mol. The molecule has 0 aromatic carbocycles. The van der Waals surface area contributed by atoms with Crippen LogP contribution in [0.5, 0.6) is 0 Å². The third-order valence-electron chi connectivity index (χ3n) is 2.92. The van der Waals surface area contributed by atoms with Gasteiger partial charge >= 0.3 is 0 Å². The summed E-state index contributed by atoms with van der Waals surface area (Å²) in [7, 11) is 1.74. The molecule has 1 heterocycles. The van der Waals surface area contributed by atoms with Crippen molar-refractivity contribution in [3.05, 3.63) is 21.9 Å². The molecule has 0 saturated heterocycles. The van der Waals surface area contributed by atoms with Gasteiger partial charge in [-0.1, -0.05) is 0 Å². The summed E-state index contributed by atoms with van der Waals surface area (Å²) in [6.45, 7) is 9.62. The second-order valence-corrected chi connectivity index (χ2v) is 6.39. The molecule has 0 bridgehead atoms. The maximum absolute atomic E-state index is 5.58. The first kappa shape index (κ1) is 15.6. The van der Waals surface area contributed by atoms with Gasteiger partial charge in [-0.25, -0.2) is 0 Å². The van der Waals surface area contributed by atoms with Crippen LogP contribution in [0.3, 0.4) is 0 Å². The Kier molecular flexibility index (Phi) is 6.86. The van der Waals surface area contributed by atoms with Crippen LogP contribution in [0.25, 0.3) is 0 Å². The highest BCUT2D eigenvalue weighted by molar-refractivity contribution is 7.11. The highest BCUT2D eigenvalue weighted by Crippen LogP contribution is 2.14. The summed E-state index contributed by atoms with van der Waals surface area (Å²) in [4.78, 5) is 2.75. The van der Waals surface area contributed by atoms with Gasteiger partial charge in [0, 0.05) is 36.6 Å². The summed E-state index contributed by atoms with van der Waals surface area (Å²) in [6.07, 6.45) is 0.924. The van der Waals surface area contributed by atoms with Crippen LogP contribution < -0.4 is 5.32 Å². The zero-order valence-electron chi connectivity index (χ0n) is 11.9. The molecular weight excluding hydrogens is 246 g/mol. The smallest absolute Gasteiger partial charge is 0.0644 e. The molecule has 104 valence electrons. The van der Waals surface area contributed by atoms with Crippen molar-refractivity contribution in [2.45, 2.75) is 39.3 Å². The maximum atomic E-state index is 5.58. The van der Waals surface area contributed by atoms with E-state index in [0.717, 1.165) is 32.7 Å². The summed E-state index contributed by atoms with van der Waals surface area (Å²) < 4.78 is 10.9. The maximum Gasteiger partial charge on any atom is 0.0644 e. The van der Waals surface area contributed by atoms with Gasteiger partial charge < -0.3 is 14.8 Å². The lowest BCUT2D eigenvalue weighted by Crippen LogP contribution is -2.25. The van der Waals surface area contributed by atoms with Crippen LogP contribution in [0, 0.1) is 6.92 Å². The molecule has 4 heteroatoms. The Hall–Kier alpha value is -0.420. The van der Waals surface area contributed by atoms with E-state index in [-0.39, 0.29) is 5.60 Å². The number of ether oxygens (including phenoxy) is 2. The van der Waals surface area contributed by atoms with Crippen molar-refractivity contribution in [1.82, 2.24) is 5.32 Å². The minimum absolute atomic E-state index is 0.0814. The molecule has 3 nitrogen and oxygen atoms in total. The number of thiophene rings is 1. The van der Waals surface area contributed by atoms with Gasteiger partial charge in [0.2, 0.25) is 0 Å². The molecule has 0 amide bonds. The summed E-state index contributed by atoms with van der Waals surface area (Å²) in [5.74, 6) is 0. The lowest BCUT2D eigenvalue weighted by molar-refractivity contribution is -0.00936. The number of methoxy groups -OCH3 is 1. The molecule has 1 N–H and O–H groups in total. The van der Waals surface area contributed by atoms with Gasteiger partial charge in [0.1, 0.15) is 0 Å². The molecule has 1 aromatic heterocycles. The van der Waals surface area contributed by atoms with Gasteiger partial charge in [-0.2, -0.15) is 0 Å². The van der Waals surface area contributed by atoms with E-state index in [0.29, 0.717) is 0 Å². The topological polar surface area (TPSA) is 30.5 Å². The molecule has 1 aromatic rings. The Balaban J connectivity index is 1.96. The summed E-state index contributed by atoms with van der Waals surface area (Å²) in [5, 5.41) is 3.38. The lowest BCUT2D eigenvalue weighted by Gasteiger charge is -2.22. The largest absolute Gasteiger partial charge is 0.380 e. The molecule has 0 aliphatic heterocycles. The zero-order chi connectivity index (χ0) is 13.4. The quantitative estimate of drug-likeness (QED) is 0.700. The van der Waals surface area contributed by atoms with Crippen LogP contribution in [0.15, 0.2) is 12.1 Å². The average Bonchev–Trinajstić information content (AvgIpc) is 2.74. The number of hydrogen-bond donors (Lipinski definition) is 1. The number of aryl methyl sites for hydroxylation is 1. The fourth-order valence-corrected chi connectivity index (χ4v) is 2.32. The zero-order valence-corrected chi connectivity index (χ0v) is 12.7. The Labute approximate surface area is 114 Å². The standard InChI is InChI=1S/C14H25NO2S/c1-12-5-6-13(18-12)11-15-8-10-17-9-7-14(2,3)16-4/h5-6,15H,7-11H2,1-4H3. The normalized spacial score (nSPS) is 12.0. The van der Waals surface area contributed by atoms with Crippen LogP contribution in [-0.2, 0) is 16.0 Å². The van der Waals surface area contributed by atoms with Gasteiger partial charge in [-0.05, 0) is 39.3 Å². The third kappa shape index (κ3) is 6.50. The summed E-state index contributed by atoms with van der Waals surface area (Å²) in [5.41, 5.74) is -0.0814. The van der Waals surface area contributed by atoms with Crippen molar-refractivity contribution in [1.29, 1.82) is 0 Å². The highest BCUT2D eigenvalue weighted by Gasteiger charge is 2.15. The third-order valence-corrected chi connectivity index (χ3v) is 3.92. The Morgan fingerprint density at radius 2 is 2.06 bits per heavy atom. The SMILES string of the molecule is COC(C)(C)CCOCCNCc1ccc(C)s1. The summed E-state index contributed by atoms with van der Waals surface area (Å²) in [6, 6.07) is 4.33.